The Morgan fingerprint density at radius 1 is 1.00 bits per heavy atom. The SMILES string of the molecule is C/C(=N\NC(N)=S)c1ccc(Nc2ccccc2)cc1. The third-order valence-electron chi connectivity index (χ3n) is 2.70. The van der Waals surface area contributed by atoms with Crippen LogP contribution in [0.1, 0.15) is 12.5 Å². The van der Waals surface area contributed by atoms with Gasteiger partial charge in [0.2, 0.25) is 0 Å². The van der Waals surface area contributed by atoms with Gasteiger partial charge in [0.15, 0.2) is 5.11 Å². The van der Waals surface area contributed by atoms with Gasteiger partial charge in [0.25, 0.3) is 0 Å². The molecule has 5 heteroatoms. The first-order valence-corrected chi connectivity index (χ1v) is 6.58. The molecule has 0 aliphatic heterocycles. The van der Waals surface area contributed by atoms with E-state index in [-0.39, 0.29) is 5.11 Å². The molecule has 4 nitrogen and oxygen atoms in total. The van der Waals surface area contributed by atoms with E-state index in [1.165, 1.54) is 0 Å². The van der Waals surface area contributed by atoms with Crippen LogP contribution in [0.4, 0.5) is 11.4 Å². The van der Waals surface area contributed by atoms with Crippen molar-refractivity contribution < 1.29 is 0 Å². The van der Waals surface area contributed by atoms with Crippen molar-refractivity contribution in [3.63, 3.8) is 0 Å². The molecule has 0 heterocycles. The normalized spacial score (nSPS) is 10.9. The zero-order valence-electron chi connectivity index (χ0n) is 11.1. The van der Waals surface area contributed by atoms with Gasteiger partial charge in [0, 0.05) is 11.4 Å². The Morgan fingerprint density at radius 3 is 2.20 bits per heavy atom. The van der Waals surface area contributed by atoms with Crippen molar-refractivity contribution >= 4 is 34.4 Å². The van der Waals surface area contributed by atoms with E-state index in [9.17, 15) is 0 Å². The molecule has 2 aromatic carbocycles. The third-order valence-corrected chi connectivity index (χ3v) is 2.79. The van der Waals surface area contributed by atoms with Gasteiger partial charge in [-0.25, -0.2) is 0 Å². The van der Waals surface area contributed by atoms with Gasteiger partial charge in [0.05, 0.1) is 5.71 Å². The Hall–Kier alpha value is -2.40. The molecule has 0 aromatic heterocycles. The topological polar surface area (TPSA) is 62.4 Å². The number of hydrogen-bond acceptors (Lipinski definition) is 3. The highest BCUT2D eigenvalue weighted by Crippen LogP contribution is 2.16. The monoisotopic (exact) mass is 284 g/mol. The molecular weight excluding hydrogens is 268 g/mol. The van der Waals surface area contributed by atoms with E-state index in [0.29, 0.717) is 0 Å². The number of rotatable bonds is 4. The summed E-state index contributed by atoms with van der Waals surface area (Å²) in [6, 6.07) is 18.0. The molecular formula is C15H16N4S. The van der Waals surface area contributed by atoms with Crippen molar-refractivity contribution in [1.29, 1.82) is 0 Å². The van der Waals surface area contributed by atoms with Crippen LogP contribution in [0.25, 0.3) is 0 Å². The summed E-state index contributed by atoms with van der Waals surface area (Å²) in [5.41, 5.74) is 11.8. The summed E-state index contributed by atoms with van der Waals surface area (Å²) in [6.07, 6.45) is 0. The second-order valence-electron chi connectivity index (χ2n) is 4.24. The fourth-order valence-electron chi connectivity index (χ4n) is 1.69. The van der Waals surface area contributed by atoms with Crippen LogP contribution in [0, 0.1) is 0 Å². The number of nitrogens with zero attached hydrogens (tertiary/aromatic N) is 1. The highest BCUT2D eigenvalue weighted by atomic mass is 32.1. The van der Waals surface area contributed by atoms with Gasteiger partial charge < -0.3 is 11.1 Å². The fraction of sp³-hybridized carbons (Fsp3) is 0.0667. The van der Waals surface area contributed by atoms with Gasteiger partial charge in [-0.2, -0.15) is 5.10 Å². The number of nitrogens with one attached hydrogen (secondary N) is 2. The van der Waals surface area contributed by atoms with Crippen molar-refractivity contribution in [3.8, 4) is 0 Å². The van der Waals surface area contributed by atoms with E-state index < -0.39 is 0 Å². The Morgan fingerprint density at radius 2 is 1.60 bits per heavy atom. The molecule has 4 N–H and O–H groups in total. The van der Waals surface area contributed by atoms with Crippen molar-refractivity contribution in [2.24, 2.45) is 10.8 Å². The van der Waals surface area contributed by atoms with E-state index >= 15 is 0 Å². The summed E-state index contributed by atoms with van der Waals surface area (Å²) < 4.78 is 0. The number of hydrazone groups is 1. The minimum Gasteiger partial charge on any atom is -0.375 e. The molecule has 0 spiro atoms. The Balaban J connectivity index is 2.06. The zero-order valence-corrected chi connectivity index (χ0v) is 11.9. The molecule has 0 unspecified atom stereocenters. The van der Waals surface area contributed by atoms with E-state index in [1.807, 2.05) is 61.5 Å². The second kappa shape index (κ2) is 6.68. The predicted molar refractivity (Wildman–Crippen MR) is 88.3 cm³/mol. The average molecular weight is 284 g/mol. The first-order valence-electron chi connectivity index (χ1n) is 6.17. The first kappa shape index (κ1) is 14.0. The quantitative estimate of drug-likeness (QED) is 0.459. The van der Waals surface area contributed by atoms with Gasteiger partial charge in [-0.3, -0.25) is 5.43 Å². The molecule has 0 fully saturated rings. The summed E-state index contributed by atoms with van der Waals surface area (Å²) >= 11 is 4.71. The lowest BCUT2D eigenvalue weighted by molar-refractivity contribution is 1.03. The number of anilines is 2. The van der Waals surface area contributed by atoms with E-state index in [4.69, 9.17) is 18.0 Å². The fourth-order valence-corrected chi connectivity index (χ4v) is 1.73. The number of para-hydroxylation sites is 1. The van der Waals surface area contributed by atoms with E-state index in [0.717, 1.165) is 22.6 Å². The predicted octanol–water partition coefficient (Wildman–Crippen LogP) is 2.99. The first-order chi connectivity index (χ1) is 9.65. The number of thiocarbonyl (C=S) groups is 1. The summed E-state index contributed by atoms with van der Waals surface area (Å²) in [4.78, 5) is 0. The molecule has 2 aromatic rings. The molecule has 2 rings (SSSR count). The summed E-state index contributed by atoms with van der Waals surface area (Å²) in [5.74, 6) is 0. The van der Waals surface area contributed by atoms with Crippen molar-refractivity contribution in [2.75, 3.05) is 5.32 Å². The average Bonchev–Trinajstić information content (AvgIpc) is 2.46. The van der Waals surface area contributed by atoms with Crippen LogP contribution >= 0.6 is 12.2 Å². The molecule has 0 radical (unpaired) electrons. The van der Waals surface area contributed by atoms with Gasteiger partial charge in [-0.05, 0) is 49.0 Å². The van der Waals surface area contributed by atoms with Crippen LogP contribution in [0.5, 0.6) is 0 Å². The zero-order chi connectivity index (χ0) is 14.4. The molecule has 0 saturated carbocycles. The smallest absolute Gasteiger partial charge is 0.184 e. The standard InChI is InChI=1S/C15H16N4S/c1-11(18-19-15(16)20)12-7-9-14(10-8-12)17-13-5-3-2-4-6-13/h2-10,17H,1H3,(H3,16,19,20)/b18-11+. The molecule has 0 aliphatic carbocycles. The highest BCUT2D eigenvalue weighted by Gasteiger charge is 1.99. The lowest BCUT2D eigenvalue weighted by Gasteiger charge is -2.07. The number of nitrogens with two attached hydrogens (primary N) is 1. The molecule has 20 heavy (non-hydrogen) atoms. The Labute approximate surface area is 123 Å². The second-order valence-corrected chi connectivity index (χ2v) is 4.68. The van der Waals surface area contributed by atoms with Crippen LogP contribution in [0.3, 0.4) is 0 Å². The Bertz CT molecular complexity index is 606. The van der Waals surface area contributed by atoms with Gasteiger partial charge >= 0.3 is 0 Å². The van der Waals surface area contributed by atoms with E-state index in [2.05, 4.69) is 15.8 Å². The Kier molecular flexibility index (Phi) is 4.68. The molecule has 0 amide bonds. The minimum absolute atomic E-state index is 0.159. The van der Waals surface area contributed by atoms with Crippen LogP contribution in [-0.2, 0) is 0 Å². The van der Waals surface area contributed by atoms with Crippen LogP contribution in [-0.4, -0.2) is 10.8 Å². The molecule has 0 saturated heterocycles. The maximum Gasteiger partial charge on any atom is 0.184 e. The number of hydrogen-bond donors (Lipinski definition) is 3. The lowest BCUT2D eigenvalue weighted by atomic mass is 10.1. The van der Waals surface area contributed by atoms with Crippen LogP contribution in [0.15, 0.2) is 59.7 Å². The molecule has 0 atom stereocenters. The summed E-state index contributed by atoms with van der Waals surface area (Å²) in [6.45, 7) is 1.89. The third kappa shape index (κ3) is 4.07. The van der Waals surface area contributed by atoms with Crippen molar-refractivity contribution in [3.05, 3.63) is 60.2 Å². The van der Waals surface area contributed by atoms with Gasteiger partial charge in [-0.15, -0.1) is 0 Å². The lowest BCUT2D eigenvalue weighted by Crippen LogP contribution is -2.25. The van der Waals surface area contributed by atoms with E-state index in [1.54, 1.807) is 0 Å². The largest absolute Gasteiger partial charge is 0.375 e. The molecule has 0 aliphatic rings. The summed E-state index contributed by atoms with van der Waals surface area (Å²) in [5, 5.41) is 7.57. The van der Waals surface area contributed by atoms with Gasteiger partial charge in [-0.1, -0.05) is 30.3 Å². The molecule has 102 valence electrons. The van der Waals surface area contributed by atoms with Gasteiger partial charge in [0.1, 0.15) is 0 Å². The van der Waals surface area contributed by atoms with Crippen molar-refractivity contribution in [2.45, 2.75) is 6.92 Å². The maximum absolute atomic E-state index is 5.33. The minimum atomic E-state index is 0.159. The maximum atomic E-state index is 5.33. The molecule has 0 bridgehead atoms. The van der Waals surface area contributed by atoms with Crippen LogP contribution < -0.4 is 16.5 Å². The highest BCUT2D eigenvalue weighted by molar-refractivity contribution is 7.80. The number of benzene rings is 2. The van der Waals surface area contributed by atoms with Crippen LogP contribution in [0.2, 0.25) is 0 Å². The summed E-state index contributed by atoms with van der Waals surface area (Å²) in [7, 11) is 0. The van der Waals surface area contributed by atoms with Crippen molar-refractivity contribution in [1.82, 2.24) is 5.43 Å².